The average molecular weight is 384 g/mol. The van der Waals surface area contributed by atoms with Crippen LogP contribution in [0.2, 0.25) is 0 Å². The van der Waals surface area contributed by atoms with E-state index in [1.54, 1.807) is 30.3 Å². The fraction of sp³-hybridized carbons (Fsp3) is 0.158. The first-order chi connectivity index (χ1) is 12.9. The van der Waals surface area contributed by atoms with Crippen molar-refractivity contribution >= 4 is 27.3 Å². The van der Waals surface area contributed by atoms with Crippen molar-refractivity contribution in [2.75, 3.05) is 17.1 Å². The monoisotopic (exact) mass is 384 g/mol. The van der Waals surface area contributed by atoms with E-state index >= 15 is 0 Å². The highest BCUT2D eigenvalue weighted by Gasteiger charge is 2.20. The van der Waals surface area contributed by atoms with Crippen molar-refractivity contribution < 1.29 is 13.2 Å². The number of nitrogens with one attached hydrogen (secondary N) is 2. The van der Waals surface area contributed by atoms with Crippen molar-refractivity contribution in [2.45, 2.75) is 18.7 Å². The van der Waals surface area contributed by atoms with Gasteiger partial charge in [-0.3, -0.25) is 4.72 Å². The van der Waals surface area contributed by atoms with Crippen molar-refractivity contribution in [3.63, 3.8) is 0 Å². The van der Waals surface area contributed by atoms with Gasteiger partial charge in [0.2, 0.25) is 0 Å². The van der Waals surface area contributed by atoms with Gasteiger partial charge in [-0.15, -0.1) is 10.2 Å². The molecule has 0 fully saturated rings. The number of nitrogens with zero attached hydrogens (tertiary/aromatic N) is 2. The highest BCUT2D eigenvalue weighted by molar-refractivity contribution is 7.92. The molecule has 27 heavy (non-hydrogen) atoms. The van der Waals surface area contributed by atoms with Crippen LogP contribution in [0.5, 0.6) is 5.75 Å². The lowest BCUT2D eigenvalue weighted by molar-refractivity contribution is 0.402. The van der Waals surface area contributed by atoms with Crippen molar-refractivity contribution in [3.8, 4) is 5.75 Å². The molecule has 1 heterocycles. The molecule has 2 aromatic carbocycles. The SMILES string of the molecule is COc1ccc(C)cc1S(=O)(=O)Nc1ccc(Nc2cccc(C)c2)nn1. The molecule has 0 amide bonds. The molecule has 2 N–H and O–H groups in total. The number of rotatable bonds is 6. The van der Waals surface area contributed by atoms with Crippen LogP contribution in [-0.2, 0) is 10.0 Å². The molecular formula is C19H20N4O3S. The van der Waals surface area contributed by atoms with Crippen molar-refractivity contribution in [3.05, 3.63) is 65.7 Å². The third-order valence-corrected chi connectivity index (χ3v) is 5.18. The fourth-order valence-corrected chi connectivity index (χ4v) is 3.76. The quantitative estimate of drug-likeness (QED) is 0.674. The Kier molecular flexibility index (Phi) is 5.27. The lowest BCUT2D eigenvalue weighted by atomic mass is 10.2. The van der Waals surface area contributed by atoms with Gasteiger partial charge in [-0.25, -0.2) is 8.42 Å². The Morgan fingerprint density at radius 3 is 2.26 bits per heavy atom. The molecule has 0 aliphatic heterocycles. The number of ether oxygens (including phenoxy) is 1. The summed E-state index contributed by atoms with van der Waals surface area (Å²) in [4.78, 5) is 0.0498. The molecule has 3 aromatic rings. The molecule has 8 heteroatoms. The van der Waals surface area contributed by atoms with E-state index in [-0.39, 0.29) is 16.5 Å². The number of anilines is 3. The molecule has 0 saturated carbocycles. The second-order valence-electron chi connectivity index (χ2n) is 6.06. The Morgan fingerprint density at radius 2 is 1.59 bits per heavy atom. The minimum atomic E-state index is -3.85. The van der Waals surface area contributed by atoms with Crippen LogP contribution < -0.4 is 14.8 Å². The first-order valence-corrected chi connectivity index (χ1v) is 9.70. The molecule has 0 spiro atoms. The molecule has 0 bridgehead atoms. The maximum Gasteiger partial charge on any atom is 0.266 e. The molecule has 1 aromatic heterocycles. The Bertz CT molecular complexity index is 1050. The number of benzene rings is 2. The van der Waals surface area contributed by atoms with Gasteiger partial charge in [-0.1, -0.05) is 18.2 Å². The van der Waals surface area contributed by atoms with E-state index < -0.39 is 10.0 Å². The smallest absolute Gasteiger partial charge is 0.266 e. The van der Waals surface area contributed by atoms with Crippen LogP contribution in [0.3, 0.4) is 0 Å². The Balaban J connectivity index is 1.79. The molecule has 3 rings (SSSR count). The van der Waals surface area contributed by atoms with E-state index in [2.05, 4.69) is 20.2 Å². The summed E-state index contributed by atoms with van der Waals surface area (Å²) in [6.45, 7) is 3.80. The average Bonchev–Trinajstić information content (AvgIpc) is 2.63. The molecule has 0 aliphatic carbocycles. The standard InChI is InChI=1S/C19H20N4O3S/c1-13-5-4-6-15(11-13)20-18-9-10-19(22-21-18)23-27(24,25)17-12-14(2)7-8-16(17)26-3/h4-12H,1-3H3,(H,20,21)(H,22,23). The highest BCUT2D eigenvalue weighted by Crippen LogP contribution is 2.26. The Hall–Kier alpha value is -3.13. The van der Waals surface area contributed by atoms with E-state index in [0.29, 0.717) is 5.82 Å². The number of aryl methyl sites for hydroxylation is 2. The topological polar surface area (TPSA) is 93.2 Å². The summed E-state index contributed by atoms with van der Waals surface area (Å²) < 4.78 is 32.9. The summed E-state index contributed by atoms with van der Waals surface area (Å²) in [5.41, 5.74) is 2.80. The minimum Gasteiger partial charge on any atom is -0.495 e. The van der Waals surface area contributed by atoms with E-state index in [1.165, 1.54) is 7.11 Å². The zero-order chi connectivity index (χ0) is 19.4. The van der Waals surface area contributed by atoms with Gasteiger partial charge in [-0.05, 0) is 61.4 Å². The molecule has 0 radical (unpaired) electrons. The normalized spacial score (nSPS) is 11.1. The third kappa shape index (κ3) is 4.53. The summed E-state index contributed by atoms with van der Waals surface area (Å²) in [6.07, 6.45) is 0. The molecule has 0 atom stereocenters. The summed E-state index contributed by atoms with van der Waals surface area (Å²) in [6, 6.07) is 16.0. The summed E-state index contributed by atoms with van der Waals surface area (Å²) in [5, 5.41) is 11.1. The lowest BCUT2D eigenvalue weighted by Crippen LogP contribution is -2.15. The van der Waals surface area contributed by atoms with E-state index in [1.807, 2.05) is 38.1 Å². The lowest BCUT2D eigenvalue weighted by Gasteiger charge is -2.12. The molecule has 0 aliphatic rings. The zero-order valence-electron chi connectivity index (χ0n) is 15.2. The predicted molar refractivity (Wildman–Crippen MR) is 105 cm³/mol. The van der Waals surface area contributed by atoms with Crippen LogP contribution in [0.1, 0.15) is 11.1 Å². The number of aromatic nitrogens is 2. The summed E-state index contributed by atoms with van der Waals surface area (Å²) >= 11 is 0. The van der Waals surface area contributed by atoms with Crippen LogP contribution in [0.4, 0.5) is 17.3 Å². The number of sulfonamides is 1. The second-order valence-corrected chi connectivity index (χ2v) is 7.71. The van der Waals surface area contributed by atoms with Crippen molar-refractivity contribution in [1.29, 1.82) is 0 Å². The van der Waals surface area contributed by atoms with E-state index in [0.717, 1.165) is 16.8 Å². The maximum absolute atomic E-state index is 12.7. The second kappa shape index (κ2) is 7.63. The number of hydrogen-bond acceptors (Lipinski definition) is 6. The van der Waals surface area contributed by atoms with Crippen LogP contribution in [0, 0.1) is 13.8 Å². The largest absolute Gasteiger partial charge is 0.495 e. The predicted octanol–water partition coefficient (Wildman–Crippen LogP) is 3.65. The molecule has 140 valence electrons. The van der Waals surface area contributed by atoms with Crippen LogP contribution in [-0.4, -0.2) is 25.7 Å². The Morgan fingerprint density at radius 1 is 0.889 bits per heavy atom. The summed E-state index contributed by atoms with van der Waals surface area (Å²) in [5.74, 6) is 0.892. The third-order valence-electron chi connectivity index (χ3n) is 3.80. The zero-order valence-corrected chi connectivity index (χ0v) is 16.0. The van der Waals surface area contributed by atoms with E-state index in [4.69, 9.17) is 4.74 Å². The van der Waals surface area contributed by atoms with Crippen LogP contribution in [0.15, 0.2) is 59.5 Å². The number of methoxy groups -OCH3 is 1. The van der Waals surface area contributed by atoms with Gasteiger partial charge in [0, 0.05) is 5.69 Å². The molecule has 0 saturated heterocycles. The molecule has 7 nitrogen and oxygen atoms in total. The van der Waals surface area contributed by atoms with Crippen molar-refractivity contribution in [1.82, 2.24) is 10.2 Å². The van der Waals surface area contributed by atoms with Gasteiger partial charge in [0.05, 0.1) is 7.11 Å². The fourth-order valence-electron chi connectivity index (χ4n) is 2.51. The maximum atomic E-state index is 12.7. The minimum absolute atomic E-state index is 0.0498. The molecular weight excluding hydrogens is 364 g/mol. The Labute approximate surface area is 158 Å². The molecule has 0 unspecified atom stereocenters. The van der Waals surface area contributed by atoms with Crippen LogP contribution in [0.25, 0.3) is 0 Å². The summed E-state index contributed by atoms with van der Waals surface area (Å²) in [7, 11) is -2.43. The van der Waals surface area contributed by atoms with Gasteiger partial charge < -0.3 is 10.1 Å². The first kappa shape index (κ1) is 18.7. The van der Waals surface area contributed by atoms with Gasteiger partial charge in [-0.2, -0.15) is 0 Å². The van der Waals surface area contributed by atoms with Gasteiger partial charge >= 0.3 is 0 Å². The van der Waals surface area contributed by atoms with Gasteiger partial charge in [0.1, 0.15) is 10.6 Å². The van der Waals surface area contributed by atoms with Gasteiger partial charge in [0.25, 0.3) is 10.0 Å². The van der Waals surface area contributed by atoms with Crippen LogP contribution >= 0.6 is 0 Å². The van der Waals surface area contributed by atoms with Crippen molar-refractivity contribution in [2.24, 2.45) is 0 Å². The highest BCUT2D eigenvalue weighted by atomic mass is 32.2. The number of hydrogen-bond donors (Lipinski definition) is 2. The van der Waals surface area contributed by atoms with E-state index in [9.17, 15) is 8.42 Å². The van der Waals surface area contributed by atoms with Gasteiger partial charge in [0.15, 0.2) is 11.6 Å². The first-order valence-electron chi connectivity index (χ1n) is 8.22.